The first-order valence-corrected chi connectivity index (χ1v) is 9.50. The molecular formula is C24H23N3O3. The predicted octanol–water partition coefficient (Wildman–Crippen LogP) is 4.08. The minimum atomic E-state index is -0.272. The van der Waals surface area contributed by atoms with Crippen LogP contribution in [0, 0.1) is 13.8 Å². The average molecular weight is 401 g/mol. The highest BCUT2D eigenvalue weighted by molar-refractivity contribution is 5.95. The third-order valence-corrected chi connectivity index (χ3v) is 4.36. The first kappa shape index (κ1) is 20.8. The molecule has 152 valence electrons. The normalized spacial score (nSPS) is 10.6. The van der Waals surface area contributed by atoms with Gasteiger partial charge >= 0.3 is 0 Å². The minimum absolute atomic E-state index is 0.0889. The summed E-state index contributed by atoms with van der Waals surface area (Å²) >= 11 is 0. The van der Waals surface area contributed by atoms with Crippen LogP contribution in [-0.2, 0) is 4.79 Å². The molecule has 0 unspecified atom stereocenters. The molecule has 2 N–H and O–H groups in total. The lowest BCUT2D eigenvalue weighted by Gasteiger charge is -2.09. The number of nitrogens with one attached hydrogen (secondary N) is 2. The van der Waals surface area contributed by atoms with Gasteiger partial charge in [0.25, 0.3) is 11.8 Å². The van der Waals surface area contributed by atoms with E-state index in [0.717, 1.165) is 22.4 Å². The topological polar surface area (TPSA) is 79.8 Å². The van der Waals surface area contributed by atoms with E-state index in [1.165, 1.54) is 0 Å². The molecule has 0 radical (unpaired) electrons. The molecule has 0 heterocycles. The Morgan fingerprint density at radius 2 is 1.63 bits per heavy atom. The first-order valence-electron chi connectivity index (χ1n) is 9.50. The van der Waals surface area contributed by atoms with E-state index >= 15 is 0 Å². The molecule has 3 aromatic rings. The first-order chi connectivity index (χ1) is 14.5. The zero-order chi connectivity index (χ0) is 21.3. The molecule has 0 aliphatic rings. The van der Waals surface area contributed by atoms with Gasteiger partial charge in [-0.15, -0.1) is 0 Å². The zero-order valence-electron chi connectivity index (χ0n) is 16.9. The molecule has 6 nitrogen and oxygen atoms in total. The Labute approximate surface area is 175 Å². The summed E-state index contributed by atoms with van der Waals surface area (Å²) in [6, 6.07) is 21.9. The third kappa shape index (κ3) is 6.04. The van der Waals surface area contributed by atoms with Crippen LogP contribution in [0.15, 0.2) is 77.9 Å². The monoisotopic (exact) mass is 401 g/mol. The molecule has 0 aliphatic heterocycles. The van der Waals surface area contributed by atoms with Gasteiger partial charge in [0.15, 0.2) is 6.61 Å². The maximum atomic E-state index is 12.0. The van der Waals surface area contributed by atoms with Crippen LogP contribution in [0.3, 0.4) is 0 Å². The van der Waals surface area contributed by atoms with Crippen molar-refractivity contribution in [1.82, 2.24) is 5.43 Å². The van der Waals surface area contributed by atoms with Crippen molar-refractivity contribution in [2.75, 3.05) is 11.9 Å². The number of hydrogen-bond donors (Lipinski definition) is 2. The minimum Gasteiger partial charge on any atom is -0.484 e. The number of amides is 2. The van der Waals surface area contributed by atoms with Crippen molar-refractivity contribution in [1.29, 1.82) is 0 Å². The molecule has 0 aliphatic carbocycles. The van der Waals surface area contributed by atoms with E-state index in [9.17, 15) is 9.59 Å². The summed E-state index contributed by atoms with van der Waals surface area (Å²) in [4.78, 5) is 24.1. The lowest BCUT2D eigenvalue weighted by atomic mass is 10.1. The summed E-state index contributed by atoms with van der Waals surface area (Å²) in [7, 11) is 0. The Balaban J connectivity index is 1.47. The van der Waals surface area contributed by atoms with Crippen molar-refractivity contribution in [3.05, 3.63) is 95.1 Å². The van der Waals surface area contributed by atoms with Gasteiger partial charge in [0.2, 0.25) is 0 Å². The summed E-state index contributed by atoms with van der Waals surface area (Å²) in [5.74, 6) is 0.0652. The van der Waals surface area contributed by atoms with Crippen LogP contribution in [0.5, 0.6) is 5.75 Å². The predicted molar refractivity (Wildman–Crippen MR) is 118 cm³/mol. The van der Waals surface area contributed by atoms with Crippen LogP contribution in [0.2, 0.25) is 0 Å². The standard InChI is InChI=1S/C24H23N3O3/c1-17-7-11-20(12-8-17)24(29)27-25-15-19-9-13-21(14-10-19)30-16-23(28)26-22-6-4-3-5-18(22)2/h3-15H,16H2,1-2H3,(H,26,28)(H,27,29)/b25-15+. The number of anilines is 1. The van der Waals surface area contributed by atoms with Crippen molar-refractivity contribution in [2.24, 2.45) is 5.10 Å². The lowest BCUT2D eigenvalue weighted by Crippen LogP contribution is -2.20. The number of benzene rings is 3. The molecule has 0 fully saturated rings. The SMILES string of the molecule is Cc1ccc(C(=O)N/N=C/c2ccc(OCC(=O)Nc3ccccc3C)cc2)cc1. The van der Waals surface area contributed by atoms with Gasteiger partial charge in [0, 0.05) is 11.3 Å². The summed E-state index contributed by atoms with van der Waals surface area (Å²) < 4.78 is 5.52. The van der Waals surface area contributed by atoms with E-state index in [1.807, 2.05) is 50.2 Å². The van der Waals surface area contributed by atoms with Gasteiger partial charge in [0.05, 0.1) is 6.21 Å². The largest absolute Gasteiger partial charge is 0.484 e. The Hall–Kier alpha value is -3.93. The van der Waals surface area contributed by atoms with E-state index in [4.69, 9.17) is 4.74 Å². The lowest BCUT2D eigenvalue weighted by molar-refractivity contribution is -0.118. The smallest absolute Gasteiger partial charge is 0.271 e. The molecule has 6 heteroatoms. The Bertz CT molecular complexity index is 1040. The van der Waals surface area contributed by atoms with Crippen molar-refractivity contribution < 1.29 is 14.3 Å². The quantitative estimate of drug-likeness (QED) is 0.462. The van der Waals surface area contributed by atoms with Crippen molar-refractivity contribution in [2.45, 2.75) is 13.8 Å². The fraction of sp³-hybridized carbons (Fsp3) is 0.125. The highest BCUT2D eigenvalue weighted by Gasteiger charge is 2.06. The highest BCUT2D eigenvalue weighted by atomic mass is 16.5. The summed E-state index contributed by atoms with van der Waals surface area (Å²) in [5.41, 5.74) is 6.68. The van der Waals surface area contributed by atoms with Crippen molar-refractivity contribution in [3.8, 4) is 5.75 Å². The number of carbonyl (C=O) groups excluding carboxylic acids is 2. The number of carbonyl (C=O) groups is 2. The van der Waals surface area contributed by atoms with E-state index < -0.39 is 0 Å². The summed E-state index contributed by atoms with van der Waals surface area (Å²) in [6.45, 7) is 3.80. The molecular weight excluding hydrogens is 378 g/mol. The number of nitrogens with zero attached hydrogens (tertiary/aromatic N) is 1. The van der Waals surface area contributed by atoms with Gasteiger partial charge in [-0.1, -0.05) is 35.9 Å². The maximum Gasteiger partial charge on any atom is 0.271 e. The fourth-order valence-electron chi connectivity index (χ4n) is 2.63. The van der Waals surface area contributed by atoms with Gasteiger partial charge in [-0.25, -0.2) is 5.43 Å². The molecule has 3 aromatic carbocycles. The Kier molecular flexibility index (Phi) is 6.95. The average Bonchev–Trinajstić information content (AvgIpc) is 2.75. The van der Waals surface area contributed by atoms with Crippen LogP contribution in [0.4, 0.5) is 5.69 Å². The summed E-state index contributed by atoms with van der Waals surface area (Å²) in [5, 5.41) is 6.79. The number of para-hydroxylation sites is 1. The van der Waals surface area contributed by atoms with Crippen LogP contribution in [0.1, 0.15) is 27.0 Å². The van der Waals surface area contributed by atoms with Gasteiger partial charge in [0.1, 0.15) is 5.75 Å². The Morgan fingerprint density at radius 3 is 2.33 bits per heavy atom. The fourth-order valence-corrected chi connectivity index (χ4v) is 2.63. The maximum absolute atomic E-state index is 12.0. The molecule has 0 atom stereocenters. The molecule has 30 heavy (non-hydrogen) atoms. The number of hydrazone groups is 1. The molecule has 0 saturated carbocycles. The van der Waals surface area contributed by atoms with Crippen molar-refractivity contribution in [3.63, 3.8) is 0 Å². The van der Waals surface area contributed by atoms with Gasteiger partial charge in [-0.2, -0.15) is 5.10 Å². The Morgan fingerprint density at radius 1 is 0.933 bits per heavy atom. The van der Waals surface area contributed by atoms with Crippen LogP contribution in [0.25, 0.3) is 0 Å². The van der Waals surface area contributed by atoms with Gasteiger partial charge < -0.3 is 10.1 Å². The van der Waals surface area contributed by atoms with E-state index in [1.54, 1.807) is 42.6 Å². The third-order valence-electron chi connectivity index (χ3n) is 4.36. The van der Waals surface area contributed by atoms with Crippen LogP contribution in [-0.4, -0.2) is 24.6 Å². The van der Waals surface area contributed by atoms with E-state index in [0.29, 0.717) is 11.3 Å². The number of rotatable bonds is 7. The van der Waals surface area contributed by atoms with Crippen LogP contribution >= 0.6 is 0 Å². The molecule has 0 spiro atoms. The number of ether oxygens (including phenoxy) is 1. The molecule has 3 rings (SSSR count). The second-order valence-corrected chi connectivity index (χ2v) is 6.79. The molecule has 2 amide bonds. The number of aryl methyl sites for hydroxylation is 2. The van der Waals surface area contributed by atoms with E-state index in [2.05, 4.69) is 15.8 Å². The summed E-state index contributed by atoms with van der Waals surface area (Å²) in [6.07, 6.45) is 1.54. The van der Waals surface area contributed by atoms with Crippen molar-refractivity contribution >= 4 is 23.7 Å². The van der Waals surface area contributed by atoms with Gasteiger partial charge in [-0.05, 0) is 67.4 Å². The second-order valence-electron chi connectivity index (χ2n) is 6.79. The van der Waals surface area contributed by atoms with E-state index in [-0.39, 0.29) is 18.4 Å². The molecule has 0 bridgehead atoms. The molecule has 0 saturated heterocycles. The molecule has 0 aromatic heterocycles. The van der Waals surface area contributed by atoms with Crippen LogP contribution < -0.4 is 15.5 Å². The number of hydrogen-bond acceptors (Lipinski definition) is 4. The highest BCUT2D eigenvalue weighted by Crippen LogP contribution is 2.14. The van der Waals surface area contributed by atoms with Gasteiger partial charge in [-0.3, -0.25) is 9.59 Å². The second kappa shape index (κ2) is 10.0. The zero-order valence-corrected chi connectivity index (χ0v) is 16.9.